The molecule has 0 fully saturated rings. The Kier molecular flexibility index (Phi) is 2.68. The second-order valence-corrected chi connectivity index (χ2v) is 3.53. The highest BCUT2D eigenvalue weighted by molar-refractivity contribution is 5.23. The molecule has 0 unspecified atom stereocenters. The molecule has 0 N–H and O–H groups in total. The predicted molar refractivity (Wildman–Crippen MR) is 61.7 cm³/mol. The van der Waals surface area contributed by atoms with Gasteiger partial charge >= 0.3 is 0 Å². The number of aromatic nitrogens is 2. The van der Waals surface area contributed by atoms with E-state index in [1.54, 1.807) is 0 Å². The van der Waals surface area contributed by atoms with Crippen LogP contribution in [0.1, 0.15) is 17.3 Å². The molecule has 0 saturated carbocycles. The third-order valence-corrected chi connectivity index (χ3v) is 2.39. The maximum absolute atomic E-state index is 4.40. The van der Waals surface area contributed by atoms with Gasteiger partial charge in [-0.05, 0) is 18.6 Å². The third-order valence-electron chi connectivity index (χ3n) is 2.39. The van der Waals surface area contributed by atoms with Gasteiger partial charge in [0.2, 0.25) is 0 Å². The van der Waals surface area contributed by atoms with Gasteiger partial charge in [-0.2, -0.15) is 5.10 Å². The first-order valence-electron chi connectivity index (χ1n) is 5.00. The van der Waals surface area contributed by atoms with Gasteiger partial charge in [0.25, 0.3) is 0 Å². The summed E-state index contributed by atoms with van der Waals surface area (Å²) in [5, 5.41) is 4.40. The van der Waals surface area contributed by atoms with Gasteiger partial charge in [0.15, 0.2) is 0 Å². The molecular formula is C13H14N2. The Hall–Kier alpha value is -1.83. The largest absolute Gasteiger partial charge is 0.261 e. The van der Waals surface area contributed by atoms with E-state index in [9.17, 15) is 0 Å². The average molecular weight is 198 g/mol. The molecule has 0 amide bonds. The lowest BCUT2D eigenvalue weighted by molar-refractivity contribution is 0.607. The third kappa shape index (κ3) is 1.99. The molecule has 1 aromatic heterocycles. The van der Waals surface area contributed by atoms with Gasteiger partial charge in [0, 0.05) is 6.20 Å². The lowest BCUT2D eigenvalue weighted by Crippen LogP contribution is -2.08. The second kappa shape index (κ2) is 4.13. The Morgan fingerprint density at radius 1 is 1.27 bits per heavy atom. The highest BCUT2D eigenvalue weighted by Crippen LogP contribution is 2.18. The minimum atomic E-state index is 0.125. The normalized spacial score (nSPS) is 12.3. The molecule has 1 atom stereocenters. The van der Waals surface area contributed by atoms with E-state index >= 15 is 0 Å². The van der Waals surface area contributed by atoms with Crippen LogP contribution in [0.15, 0.2) is 55.3 Å². The maximum atomic E-state index is 4.40. The number of rotatable bonds is 3. The fourth-order valence-corrected chi connectivity index (χ4v) is 1.63. The number of benzene rings is 1. The quantitative estimate of drug-likeness (QED) is 0.693. The van der Waals surface area contributed by atoms with Crippen molar-refractivity contribution in [1.82, 2.24) is 9.78 Å². The Morgan fingerprint density at radius 3 is 2.53 bits per heavy atom. The van der Waals surface area contributed by atoms with Crippen molar-refractivity contribution in [2.45, 2.75) is 13.0 Å². The number of aryl methyl sites for hydroxylation is 1. The molecule has 76 valence electrons. The zero-order chi connectivity index (χ0) is 10.7. The summed E-state index contributed by atoms with van der Waals surface area (Å²) in [6.45, 7) is 5.85. The molecule has 2 nitrogen and oxygen atoms in total. The molecule has 15 heavy (non-hydrogen) atoms. The lowest BCUT2D eigenvalue weighted by atomic mass is 10.1. The molecule has 1 aromatic carbocycles. The van der Waals surface area contributed by atoms with Crippen molar-refractivity contribution >= 4 is 0 Å². The Labute approximate surface area is 89.9 Å². The fraction of sp³-hybridized carbons (Fsp3) is 0.154. The molecule has 0 aliphatic carbocycles. The van der Waals surface area contributed by atoms with Crippen LogP contribution in [0, 0.1) is 6.92 Å². The van der Waals surface area contributed by atoms with E-state index < -0.39 is 0 Å². The molecule has 0 bridgehead atoms. The first-order chi connectivity index (χ1) is 7.31. The van der Waals surface area contributed by atoms with Crippen LogP contribution in [0.4, 0.5) is 0 Å². The molecular weight excluding hydrogens is 184 g/mol. The topological polar surface area (TPSA) is 17.8 Å². The van der Waals surface area contributed by atoms with Crippen molar-refractivity contribution in [3.8, 4) is 0 Å². The number of hydrogen-bond acceptors (Lipinski definition) is 1. The summed E-state index contributed by atoms with van der Waals surface area (Å²) in [4.78, 5) is 0. The highest BCUT2D eigenvalue weighted by atomic mass is 15.3. The predicted octanol–water partition coefficient (Wildman–Crippen LogP) is 2.97. The molecule has 1 heterocycles. The van der Waals surface area contributed by atoms with Crippen LogP contribution in [0.25, 0.3) is 0 Å². The van der Waals surface area contributed by atoms with Gasteiger partial charge in [-0.1, -0.05) is 36.4 Å². The lowest BCUT2D eigenvalue weighted by Gasteiger charge is -2.13. The van der Waals surface area contributed by atoms with Gasteiger partial charge < -0.3 is 0 Å². The number of nitrogens with zero attached hydrogens (tertiary/aromatic N) is 2. The highest BCUT2D eigenvalue weighted by Gasteiger charge is 2.09. The zero-order valence-electron chi connectivity index (χ0n) is 8.80. The van der Waals surface area contributed by atoms with E-state index in [1.165, 1.54) is 5.56 Å². The summed E-state index contributed by atoms with van der Waals surface area (Å²) < 4.78 is 1.93. The molecule has 2 heteroatoms. The van der Waals surface area contributed by atoms with Gasteiger partial charge in [-0.15, -0.1) is 6.58 Å². The van der Waals surface area contributed by atoms with Crippen LogP contribution in [0.2, 0.25) is 0 Å². The second-order valence-electron chi connectivity index (χ2n) is 3.53. The van der Waals surface area contributed by atoms with E-state index in [-0.39, 0.29) is 6.04 Å². The first-order valence-corrected chi connectivity index (χ1v) is 5.00. The van der Waals surface area contributed by atoms with Gasteiger partial charge in [-0.3, -0.25) is 4.68 Å². The average Bonchev–Trinajstić information content (AvgIpc) is 2.68. The van der Waals surface area contributed by atoms with Crippen molar-refractivity contribution in [3.05, 3.63) is 66.5 Å². The van der Waals surface area contributed by atoms with E-state index in [0.29, 0.717) is 0 Å². The van der Waals surface area contributed by atoms with Crippen LogP contribution >= 0.6 is 0 Å². The summed E-state index contributed by atoms with van der Waals surface area (Å²) in [6.07, 6.45) is 3.89. The Morgan fingerprint density at radius 2 is 2.00 bits per heavy atom. The van der Waals surface area contributed by atoms with Crippen LogP contribution < -0.4 is 0 Å². The summed E-state index contributed by atoms with van der Waals surface area (Å²) in [5.74, 6) is 0. The minimum absolute atomic E-state index is 0.125. The van der Waals surface area contributed by atoms with Crippen LogP contribution in [-0.2, 0) is 0 Å². The summed E-state index contributed by atoms with van der Waals surface area (Å²) >= 11 is 0. The molecule has 0 aliphatic rings. The van der Waals surface area contributed by atoms with Crippen LogP contribution in [0.3, 0.4) is 0 Å². The first kappa shape index (κ1) is 9.71. The van der Waals surface area contributed by atoms with Crippen molar-refractivity contribution in [3.63, 3.8) is 0 Å². The number of hydrogen-bond donors (Lipinski definition) is 0. The summed E-state index contributed by atoms with van der Waals surface area (Å²) in [7, 11) is 0. The SMILES string of the molecule is C=C[C@H](c1ccccc1)n1ccc(C)n1. The van der Waals surface area contributed by atoms with Crippen LogP contribution in [0.5, 0.6) is 0 Å². The Balaban J connectivity index is 2.37. The van der Waals surface area contributed by atoms with Gasteiger partial charge in [0.05, 0.1) is 11.7 Å². The van der Waals surface area contributed by atoms with Crippen molar-refractivity contribution in [2.75, 3.05) is 0 Å². The Bertz CT molecular complexity index is 443. The van der Waals surface area contributed by atoms with Crippen LogP contribution in [-0.4, -0.2) is 9.78 Å². The molecule has 0 radical (unpaired) electrons. The van der Waals surface area contributed by atoms with Crippen molar-refractivity contribution < 1.29 is 0 Å². The fourth-order valence-electron chi connectivity index (χ4n) is 1.63. The number of allylic oxidation sites excluding steroid dienone is 1. The van der Waals surface area contributed by atoms with E-state index in [4.69, 9.17) is 0 Å². The van der Waals surface area contributed by atoms with E-state index in [2.05, 4.69) is 23.8 Å². The van der Waals surface area contributed by atoms with E-state index in [0.717, 1.165) is 5.69 Å². The maximum Gasteiger partial charge on any atom is 0.0947 e. The molecule has 2 aromatic rings. The van der Waals surface area contributed by atoms with Crippen molar-refractivity contribution in [1.29, 1.82) is 0 Å². The monoisotopic (exact) mass is 198 g/mol. The van der Waals surface area contributed by atoms with E-state index in [1.807, 2.05) is 48.1 Å². The molecule has 0 saturated heterocycles. The summed E-state index contributed by atoms with van der Waals surface area (Å²) in [5.41, 5.74) is 2.23. The van der Waals surface area contributed by atoms with Gasteiger partial charge in [-0.25, -0.2) is 0 Å². The smallest absolute Gasteiger partial charge is 0.0947 e. The summed E-state index contributed by atoms with van der Waals surface area (Å²) in [6, 6.07) is 12.4. The molecule has 2 rings (SSSR count). The van der Waals surface area contributed by atoms with Gasteiger partial charge in [0.1, 0.15) is 0 Å². The molecule has 0 spiro atoms. The van der Waals surface area contributed by atoms with Crippen molar-refractivity contribution in [2.24, 2.45) is 0 Å². The zero-order valence-corrected chi connectivity index (χ0v) is 8.80. The minimum Gasteiger partial charge on any atom is -0.261 e. The standard InChI is InChI=1S/C13H14N2/c1-3-13(12-7-5-4-6-8-12)15-10-9-11(2)14-15/h3-10,13H,1H2,2H3/t13-/m1/s1. The molecule has 0 aliphatic heterocycles.